The van der Waals surface area contributed by atoms with Gasteiger partial charge in [0.1, 0.15) is 0 Å². The molecule has 0 radical (unpaired) electrons. The summed E-state index contributed by atoms with van der Waals surface area (Å²) in [5.41, 5.74) is 0.752. The van der Waals surface area contributed by atoms with Gasteiger partial charge in [0.05, 0.1) is 6.42 Å². The summed E-state index contributed by atoms with van der Waals surface area (Å²) in [5, 5.41) is 8.60. The number of rotatable bonds is 2. The number of hydrogen-bond donors (Lipinski definition) is 1. The lowest BCUT2D eigenvalue weighted by molar-refractivity contribution is -0.136. The minimum atomic E-state index is -0.838. The highest BCUT2D eigenvalue weighted by atomic mass is 79.9. The summed E-state index contributed by atoms with van der Waals surface area (Å²) in [6, 6.07) is 3.60. The third-order valence-corrected chi connectivity index (χ3v) is 4.01. The van der Waals surface area contributed by atoms with Crippen LogP contribution in [0.4, 0.5) is 0 Å². The van der Waals surface area contributed by atoms with Gasteiger partial charge in [-0.15, -0.1) is 0 Å². The molecule has 1 aromatic rings. The van der Waals surface area contributed by atoms with Crippen molar-refractivity contribution in [2.45, 2.75) is 6.42 Å². The van der Waals surface area contributed by atoms with E-state index in [1.807, 2.05) is 6.07 Å². The first-order valence-corrected chi connectivity index (χ1v) is 5.74. The van der Waals surface area contributed by atoms with E-state index in [4.69, 9.17) is 5.11 Å². The fourth-order valence-electron chi connectivity index (χ4n) is 0.862. The van der Waals surface area contributed by atoms with E-state index >= 15 is 0 Å². The van der Waals surface area contributed by atoms with Crippen molar-refractivity contribution in [2.75, 3.05) is 0 Å². The van der Waals surface area contributed by atoms with Gasteiger partial charge >= 0.3 is 5.97 Å². The summed E-state index contributed by atoms with van der Waals surface area (Å²) in [5.74, 6) is -0.838. The molecular formula is C8H5Br3O2. The van der Waals surface area contributed by atoms with Gasteiger partial charge in [0.25, 0.3) is 0 Å². The molecule has 0 atom stereocenters. The number of carboxylic acid groups (broad SMARTS) is 1. The molecular weight excluding hydrogens is 368 g/mol. The van der Waals surface area contributed by atoms with Crippen LogP contribution in [0.15, 0.2) is 25.6 Å². The lowest BCUT2D eigenvalue weighted by atomic mass is 10.2. The average molecular weight is 373 g/mol. The Morgan fingerprint density at radius 3 is 2.23 bits per heavy atom. The molecule has 2 nitrogen and oxygen atoms in total. The van der Waals surface area contributed by atoms with Crippen molar-refractivity contribution in [3.8, 4) is 0 Å². The molecule has 0 aliphatic carbocycles. The van der Waals surface area contributed by atoms with Crippen molar-refractivity contribution in [1.29, 1.82) is 0 Å². The van der Waals surface area contributed by atoms with Crippen molar-refractivity contribution in [3.05, 3.63) is 31.1 Å². The van der Waals surface area contributed by atoms with E-state index in [-0.39, 0.29) is 6.42 Å². The largest absolute Gasteiger partial charge is 0.481 e. The molecule has 0 heterocycles. The minimum Gasteiger partial charge on any atom is -0.481 e. The standard InChI is InChI=1S/C8H5Br3O2/c9-5-3-7(11)6(10)1-4(5)2-8(12)13/h1,3H,2H2,(H,12,13). The Morgan fingerprint density at radius 1 is 1.15 bits per heavy atom. The molecule has 0 amide bonds. The molecule has 5 heteroatoms. The van der Waals surface area contributed by atoms with Crippen molar-refractivity contribution >= 4 is 53.8 Å². The topological polar surface area (TPSA) is 37.3 Å². The predicted molar refractivity (Wildman–Crippen MR) is 60.9 cm³/mol. The second-order valence-corrected chi connectivity index (χ2v) is 4.99. The number of carbonyl (C=O) groups is 1. The molecule has 1 rings (SSSR count). The first-order chi connectivity index (χ1) is 6.00. The van der Waals surface area contributed by atoms with Crippen LogP contribution in [0, 0.1) is 0 Å². The number of halogens is 3. The first kappa shape index (κ1) is 11.2. The van der Waals surface area contributed by atoms with E-state index in [1.54, 1.807) is 6.07 Å². The fourth-order valence-corrected chi connectivity index (χ4v) is 2.39. The fraction of sp³-hybridized carbons (Fsp3) is 0.125. The maximum Gasteiger partial charge on any atom is 0.307 e. The van der Waals surface area contributed by atoms with E-state index in [9.17, 15) is 4.79 Å². The van der Waals surface area contributed by atoms with Gasteiger partial charge < -0.3 is 5.11 Å². The second kappa shape index (κ2) is 4.57. The summed E-state index contributed by atoms with van der Waals surface area (Å²) < 4.78 is 2.55. The van der Waals surface area contributed by atoms with E-state index < -0.39 is 5.97 Å². The van der Waals surface area contributed by atoms with Gasteiger partial charge in [-0.25, -0.2) is 0 Å². The van der Waals surface area contributed by atoms with E-state index in [2.05, 4.69) is 47.8 Å². The SMILES string of the molecule is O=C(O)Cc1cc(Br)c(Br)cc1Br. The van der Waals surface area contributed by atoms with Crippen LogP contribution in [0.25, 0.3) is 0 Å². The Balaban J connectivity index is 3.08. The number of hydrogen-bond acceptors (Lipinski definition) is 1. The van der Waals surface area contributed by atoms with Crippen LogP contribution in [0.2, 0.25) is 0 Å². The summed E-state index contributed by atoms with van der Waals surface area (Å²) in [6.07, 6.45) is 0.0203. The molecule has 1 N–H and O–H groups in total. The lowest BCUT2D eigenvalue weighted by Gasteiger charge is -2.03. The van der Waals surface area contributed by atoms with Gasteiger partial charge in [-0.05, 0) is 49.6 Å². The van der Waals surface area contributed by atoms with Gasteiger partial charge in [-0.2, -0.15) is 0 Å². The lowest BCUT2D eigenvalue weighted by Crippen LogP contribution is -2.00. The number of benzene rings is 1. The predicted octanol–water partition coefficient (Wildman–Crippen LogP) is 3.60. The van der Waals surface area contributed by atoms with E-state index in [0.717, 1.165) is 19.0 Å². The van der Waals surface area contributed by atoms with Gasteiger partial charge in [0.15, 0.2) is 0 Å². The van der Waals surface area contributed by atoms with Crippen molar-refractivity contribution < 1.29 is 9.90 Å². The maximum absolute atomic E-state index is 10.5. The minimum absolute atomic E-state index is 0.0203. The summed E-state index contributed by atoms with van der Waals surface area (Å²) in [7, 11) is 0. The molecule has 0 aromatic heterocycles. The molecule has 0 saturated carbocycles. The molecule has 0 unspecified atom stereocenters. The Labute approximate surface area is 101 Å². The Morgan fingerprint density at radius 2 is 1.69 bits per heavy atom. The molecule has 70 valence electrons. The van der Waals surface area contributed by atoms with Gasteiger partial charge in [0.2, 0.25) is 0 Å². The van der Waals surface area contributed by atoms with Crippen molar-refractivity contribution in [2.24, 2.45) is 0 Å². The van der Waals surface area contributed by atoms with Crippen LogP contribution in [-0.2, 0) is 11.2 Å². The third-order valence-electron chi connectivity index (χ3n) is 1.43. The molecule has 0 aliphatic heterocycles. The molecule has 0 aliphatic rings. The zero-order chi connectivity index (χ0) is 10.0. The average Bonchev–Trinajstić information content (AvgIpc) is 1.99. The van der Waals surface area contributed by atoms with Crippen LogP contribution < -0.4 is 0 Å². The molecule has 0 bridgehead atoms. The Hall–Kier alpha value is 0.130. The molecule has 0 spiro atoms. The Bertz CT molecular complexity index is 349. The number of carboxylic acids is 1. The van der Waals surface area contributed by atoms with Crippen LogP contribution >= 0.6 is 47.8 Å². The molecule has 0 fully saturated rings. The summed E-state index contributed by atoms with van der Waals surface area (Å²) in [4.78, 5) is 10.5. The highest BCUT2D eigenvalue weighted by molar-refractivity contribution is 9.13. The first-order valence-electron chi connectivity index (χ1n) is 3.36. The Kier molecular flexibility index (Phi) is 3.94. The maximum atomic E-state index is 10.5. The highest BCUT2D eigenvalue weighted by Crippen LogP contribution is 2.30. The number of aliphatic carboxylic acids is 1. The zero-order valence-corrected chi connectivity index (χ0v) is 11.1. The van der Waals surface area contributed by atoms with Gasteiger partial charge in [-0.3, -0.25) is 4.79 Å². The molecule has 13 heavy (non-hydrogen) atoms. The quantitative estimate of drug-likeness (QED) is 0.805. The highest BCUT2D eigenvalue weighted by Gasteiger charge is 2.07. The molecule has 1 aromatic carbocycles. The van der Waals surface area contributed by atoms with E-state index in [1.165, 1.54) is 0 Å². The zero-order valence-electron chi connectivity index (χ0n) is 6.35. The third kappa shape index (κ3) is 3.07. The van der Waals surface area contributed by atoms with Crippen LogP contribution in [-0.4, -0.2) is 11.1 Å². The van der Waals surface area contributed by atoms with Gasteiger partial charge in [-0.1, -0.05) is 15.9 Å². The summed E-state index contributed by atoms with van der Waals surface area (Å²) in [6.45, 7) is 0. The summed E-state index contributed by atoms with van der Waals surface area (Å²) >= 11 is 9.93. The van der Waals surface area contributed by atoms with Crippen LogP contribution in [0.1, 0.15) is 5.56 Å². The smallest absolute Gasteiger partial charge is 0.307 e. The normalized spacial score (nSPS) is 10.1. The van der Waals surface area contributed by atoms with Crippen LogP contribution in [0.3, 0.4) is 0 Å². The second-order valence-electron chi connectivity index (χ2n) is 2.43. The van der Waals surface area contributed by atoms with E-state index in [0.29, 0.717) is 0 Å². The molecule has 0 saturated heterocycles. The van der Waals surface area contributed by atoms with Crippen molar-refractivity contribution in [3.63, 3.8) is 0 Å². The van der Waals surface area contributed by atoms with Gasteiger partial charge in [0, 0.05) is 13.4 Å². The monoisotopic (exact) mass is 370 g/mol. The van der Waals surface area contributed by atoms with Crippen molar-refractivity contribution in [1.82, 2.24) is 0 Å². The van der Waals surface area contributed by atoms with Crippen LogP contribution in [0.5, 0.6) is 0 Å².